The predicted molar refractivity (Wildman–Crippen MR) is 57.5 cm³/mol. The quantitative estimate of drug-likeness (QED) is 0.670. The average Bonchev–Trinajstić information content (AvgIpc) is 2.26. The van der Waals surface area contributed by atoms with E-state index in [2.05, 4.69) is 11.9 Å². The molecule has 1 rings (SSSR count). The Labute approximate surface area is 85.4 Å². The molecule has 0 aliphatic rings. The van der Waals surface area contributed by atoms with Crippen molar-refractivity contribution < 1.29 is 4.79 Å². The molecule has 0 spiro atoms. The lowest BCUT2D eigenvalue weighted by molar-refractivity contribution is 0.0983. The van der Waals surface area contributed by atoms with E-state index in [1.165, 1.54) is 18.4 Å². The summed E-state index contributed by atoms with van der Waals surface area (Å²) >= 11 is 0. The summed E-state index contributed by atoms with van der Waals surface area (Å²) in [5, 5.41) is 0. The van der Waals surface area contributed by atoms with E-state index in [4.69, 9.17) is 0 Å². The Bertz CT molecular complexity index is 290. The van der Waals surface area contributed by atoms with Crippen LogP contribution in [0.15, 0.2) is 18.3 Å². The highest BCUT2D eigenvalue weighted by Crippen LogP contribution is 2.06. The van der Waals surface area contributed by atoms with Crippen LogP contribution in [0, 0.1) is 0 Å². The first-order valence-corrected chi connectivity index (χ1v) is 5.26. The number of pyridine rings is 1. The Morgan fingerprint density at radius 1 is 1.36 bits per heavy atom. The summed E-state index contributed by atoms with van der Waals surface area (Å²) in [5.74, 6) is 0.118. The molecule has 1 aromatic rings. The molecule has 0 aromatic carbocycles. The van der Waals surface area contributed by atoms with Crippen molar-refractivity contribution in [2.45, 2.75) is 39.5 Å². The number of Topliss-reactive ketones (excluding diaryl/α,β-unsaturated/α-hetero) is 1. The zero-order chi connectivity index (χ0) is 10.4. The summed E-state index contributed by atoms with van der Waals surface area (Å²) in [4.78, 5) is 15.4. The first kappa shape index (κ1) is 10.9. The van der Waals surface area contributed by atoms with Gasteiger partial charge in [-0.3, -0.25) is 9.78 Å². The highest BCUT2D eigenvalue weighted by Gasteiger charge is 2.03. The highest BCUT2D eigenvalue weighted by atomic mass is 16.1. The Hall–Kier alpha value is -1.18. The van der Waals surface area contributed by atoms with Crippen LogP contribution in [-0.2, 0) is 6.42 Å². The van der Waals surface area contributed by atoms with E-state index in [0.717, 1.165) is 6.42 Å². The monoisotopic (exact) mass is 191 g/mol. The van der Waals surface area contributed by atoms with Crippen molar-refractivity contribution >= 4 is 5.78 Å². The van der Waals surface area contributed by atoms with Crippen LogP contribution in [0.3, 0.4) is 0 Å². The molecule has 0 amide bonds. The minimum atomic E-state index is 0.118. The first-order valence-electron chi connectivity index (χ1n) is 5.26. The van der Waals surface area contributed by atoms with Gasteiger partial charge in [-0.25, -0.2) is 0 Å². The van der Waals surface area contributed by atoms with Crippen LogP contribution in [0.25, 0.3) is 0 Å². The zero-order valence-corrected chi connectivity index (χ0v) is 8.92. The summed E-state index contributed by atoms with van der Waals surface area (Å²) < 4.78 is 0. The molecule has 0 bridgehead atoms. The van der Waals surface area contributed by atoms with Gasteiger partial charge in [-0.2, -0.15) is 0 Å². The molecular formula is C12H17NO. The van der Waals surface area contributed by atoms with Gasteiger partial charge in [0.25, 0.3) is 0 Å². The molecular weight excluding hydrogens is 174 g/mol. The third kappa shape index (κ3) is 2.95. The Morgan fingerprint density at radius 3 is 2.64 bits per heavy atom. The van der Waals surface area contributed by atoms with Crippen molar-refractivity contribution in [2.24, 2.45) is 0 Å². The van der Waals surface area contributed by atoms with Crippen molar-refractivity contribution in [3.05, 3.63) is 29.6 Å². The number of hydrogen-bond donors (Lipinski definition) is 0. The molecule has 1 aromatic heterocycles. The molecule has 0 fully saturated rings. The smallest absolute Gasteiger partial charge is 0.180 e. The lowest BCUT2D eigenvalue weighted by Gasteiger charge is -2.00. The number of carbonyl (C=O) groups excluding carboxylic acids is 1. The number of unbranched alkanes of at least 4 members (excludes halogenated alkanes) is 1. The number of nitrogens with zero attached hydrogens (tertiary/aromatic N) is 1. The van der Waals surface area contributed by atoms with E-state index >= 15 is 0 Å². The second kappa shape index (κ2) is 5.53. The number of carbonyl (C=O) groups is 1. The minimum Gasteiger partial charge on any atom is -0.292 e. The maximum absolute atomic E-state index is 11.3. The molecule has 0 atom stereocenters. The number of hydrogen-bond acceptors (Lipinski definition) is 2. The van der Waals surface area contributed by atoms with Crippen LogP contribution < -0.4 is 0 Å². The zero-order valence-electron chi connectivity index (χ0n) is 8.92. The van der Waals surface area contributed by atoms with Gasteiger partial charge in [0.1, 0.15) is 5.69 Å². The summed E-state index contributed by atoms with van der Waals surface area (Å²) in [5.41, 5.74) is 1.81. The minimum absolute atomic E-state index is 0.118. The van der Waals surface area contributed by atoms with Crippen molar-refractivity contribution in [2.75, 3.05) is 0 Å². The van der Waals surface area contributed by atoms with E-state index in [1.54, 1.807) is 0 Å². The average molecular weight is 191 g/mol. The second-order valence-corrected chi connectivity index (χ2v) is 3.43. The van der Waals surface area contributed by atoms with Crippen LogP contribution in [0.4, 0.5) is 0 Å². The van der Waals surface area contributed by atoms with Gasteiger partial charge < -0.3 is 0 Å². The molecule has 0 saturated heterocycles. The van der Waals surface area contributed by atoms with Crippen LogP contribution in [-0.4, -0.2) is 10.8 Å². The maximum atomic E-state index is 11.3. The number of rotatable bonds is 5. The predicted octanol–water partition coefficient (Wildman–Crippen LogP) is 3.02. The summed E-state index contributed by atoms with van der Waals surface area (Å²) in [7, 11) is 0. The third-order valence-electron chi connectivity index (χ3n) is 2.25. The molecule has 0 radical (unpaired) electrons. The Morgan fingerprint density at radius 2 is 2.14 bits per heavy atom. The second-order valence-electron chi connectivity index (χ2n) is 3.43. The van der Waals surface area contributed by atoms with E-state index in [1.807, 2.05) is 25.3 Å². The van der Waals surface area contributed by atoms with Gasteiger partial charge >= 0.3 is 0 Å². The molecule has 76 valence electrons. The first-order chi connectivity index (χ1) is 6.77. The van der Waals surface area contributed by atoms with Crippen LogP contribution in [0.1, 0.15) is 49.2 Å². The fourth-order valence-electron chi connectivity index (χ4n) is 1.30. The molecule has 0 unspecified atom stereocenters. The molecule has 1 heterocycles. The normalized spacial score (nSPS) is 10.1. The standard InChI is InChI=1S/C12H17NO/c1-3-5-6-10-7-8-11(13-9-10)12(14)4-2/h7-9H,3-6H2,1-2H3. The lowest BCUT2D eigenvalue weighted by Crippen LogP contribution is -2.00. The van der Waals surface area contributed by atoms with Gasteiger partial charge in [-0.1, -0.05) is 26.3 Å². The van der Waals surface area contributed by atoms with Gasteiger partial charge in [0.2, 0.25) is 0 Å². The van der Waals surface area contributed by atoms with Gasteiger partial charge in [-0.05, 0) is 24.5 Å². The van der Waals surface area contributed by atoms with Gasteiger partial charge in [0.15, 0.2) is 5.78 Å². The van der Waals surface area contributed by atoms with Crippen molar-refractivity contribution in [3.63, 3.8) is 0 Å². The SMILES string of the molecule is CCCCc1ccc(C(=O)CC)nc1. The Balaban J connectivity index is 2.63. The summed E-state index contributed by atoms with van der Waals surface area (Å²) in [6.07, 6.45) is 5.78. The largest absolute Gasteiger partial charge is 0.292 e. The topological polar surface area (TPSA) is 30.0 Å². The molecule has 2 heteroatoms. The van der Waals surface area contributed by atoms with Gasteiger partial charge in [-0.15, -0.1) is 0 Å². The van der Waals surface area contributed by atoms with Crippen molar-refractivity contribution in [1.82, 2.24) is 4.98 Å². The third-order valence-corrected chi connectivity index (χ3v) is 2.25. The molecule has 14 heavy (non-hydrogen) atoms. The van der Waals surface area contributed by atoms with E-state index < -0.39 is 0 Å². The van der Waals surface area contributed by atoms with Crippen molar-refractivity contribution in [1.29, 1.82) is 0 Å². The van der Waals surface area contributed by atoms with E-state index in [9.17, 15) is 4.79 Å². The lowest BCUT2D eigenvalue weighted by atomic mass is 10.1. The molecule has 2 nitrogen and oxygen atoms in total. The summed E-state index contributed by atoms with van der Waals surface area (Å²) in [6.45, 7) is 4.03. The van der Waals surface area contributed by atoms with E-state index in [0.29, 0.717) is 12.1 Å². The molecule has 0 N–H and O–H groups in total. The highest BCUT2D eigenvalue weighted by molar-refractivity contribution is 5.93. The molecule has 0 saturated carbocycles. The van der Waals surface area contributed by atoms with Crippen LogP contribution in [0.5, 0.6) is 0 Å². The molecule has 0 aliphatic carbocycles. The fraction of sp³-hybridized carbons (Fsp3) is 0.500. The Kier molecular flexibility index (Phi) is 4.30. The van der Waals surface area contributed by atoms with Crippen molar-refractivity contribution in [3.8, 4) is 0 Å². The number of ketones is 1. The van der Waals surface area contributed by atoms with Gasteiger partial charge in [0, 0.05) is 12.6 Å². The maximum Gasteiger partial charge on any atom is 0.180 e. The number of aryl methyl sites for hydroxylation is 1. The van der Waals surface area contributed by atoms with Crippen LogP contribution in [0.2, 0.25) is 0 Å². The molecule has 0 aliphatic heterocycles. The van der Waals surface area contributed by atoms with Gasteiger partial charge in [0.05, 0.1) is 0 Å². The summed E-state index contributed by atoms with van der Waals surface area (Å²) in [6, 6.07) is 3.84. The van der Waals surface area contributed by atoms with E-state index in [-0.39, 0.29) is 5.78 Å². The fourth-order valence-corrected chi connectivity index (χ4v) is 1.30. The van der Waals surface area contributed by atoms with Crippen LogP contribution >= 0.6 is 0 Å². The number of aromatic nitrogens is 1.